The van der Waals surface area contributed by atoms with Crippen LogP contribution >= 0.6 is 11.3 Å². The van der Waals surface area contributed by atoms with E-state index in [-0.39, 0.29) is 16.7 Å². The molecule has 25 heavy (non-hydrogen) atoms. The average Bonchev–Trinajstić information content (AvgIpc) is 3.05. The lowest BCUT2D eigenvalue weighted by Crippen LogP contribution is -2.27. The van der Waals surface area contributed by atoms with Crippen molar-refractivity contribution in [1.82, 2.24) is 5.32 Å². The minimum absolute atomic E-state index is 0.0324. The lowest BCUT2D eigenvalue weighted by atomic mass is 10.0. The number of nitrogens with one attached hydrogen (secondary N) is 2. The van der Waals surface area contributed by atoms with Crippen molar-refractivity contribution in [2.75, 3.05) is 5.32 Å². The van der Waals surface area contributed by atoms with E-state index < -0.39 is 10.0 Å². The van der Waals surface area contributed by atoms with Crippen LogP contribution in [0.3, 0.4) is 0 Å². The third-order valence-electron chi connectivity index (χ3n) is 3.79. The lowest BCUT2D eigenvalue weighted by Gasteiger charge is -2.20. The Bertz CT molecular complexity index is 890. The smallest absolute Gasteiger partial charge is 0.286 e. The third-order valence-corrected chi connectivity index (χ3v) is 6.04. The maximum absolute atomic E-state index is 12.2. The molecule has 0 radical (unpaired) electrons. The van der Waals surface area contributed by atoms with Gasteiger partial charge in [-0.25, -0.2) is 0 Å². The number of anilines is 1. The van der Waals surface area contributed by atoms with Crippen molar-refractivity contribution in [2.45, 2.75) is 31.2 Å². The van der Waals surface area contributed by atoms with Gasteiger partial charge in [0, 0.05) is 17.7 Å². The number of carbonyl (C=O) groups is 1. The normalized spacial score (nSPS) is 16.3. The van der Waals surface area contributed by atoms with Crippen molar-refractivity contribution in [2.24, 2.45) is 10.3 Å². The Kier molecular flexibility index (Phi) is 5.19. The average molecular weight is 377 g/mol. The minimum atomic E-state index is -3.68. The summed E-state index contributed by atoms with van der Waals surface area (Å²) in [6.45, 7) is 2.42. The first-order chi connectivity index (χ1) is 11.9. The molecule has 1 aliphatic rings. The Hall–Kier alpha value is -2.19. The van der Waals surface area contributed by atoms with E-state index in [1.807, 2.05) is 24.4 Å². The molecule has 0 fully saturated rings. The molecule has 0 aliphatic carbocycles. The summed E-state index contributed by atoms with van der Waals surface area (Å²) in [7, 11) is -3.68. The van der Waals surface area contributed by atoms with Crippen molar-refractivity contribution < 1.29 is 13.2 Å². The molecule has 3 rings (SSSR count). The zero-order chi connectivity index (χ0) is 17.9. The molecule has 0 bridgehead atoms. The summed E-state index contributed by atoms with van der Waals surface area (Å²) in [6.07, 6.45) is 0.702. The van der Waals surface area contributed by atoms with Gasteiger partial charge < -0.3 is 10.6 Å². The highest BCUT2D eigenvalue weighted by molar-refractivity contribution is 7.90. The van der Waals surface area contributed by atoms with E-state index in [1.54, 1.807) is 29.5 Å². The molecular weight excluding hydrogens is 358 g/mol. The molecule has 2 N–H and O–H groups in total. The predicted molar refractivity (Wildman–Crippen MR) is 99.2 cm³/mol. The number of amidine groups is 1. The highest BCUT2D eigenvalue weighted by Crippen LogP contribution is 2.28. The van der Waals surface area contributed by atoms with Crippen LogP contribution in [0.25, 0.3) is 0 Å². The van der Waals surface area contributed by atoms with Gasteiger partial charge in [0.2, 0.25) is 5.91 Å². The number of sulfonamides is 1. The number of fused-ring (bicyclic) bond motifs is 1. The molecule has 1 atom stereocenters. The SMILES string of the molecule is CC(CC(=O)NCc1cccs1)CC1=NS(=O)(=O)c2ccccc2N1. The van der Waals surface area contributed by atoms with E-state index in [4.69, 9.17) is 0 Å². The Labute approximate surface area is 151 Å². The number of hydrogen-bond donors (Lipinski definition) is 2. The number of rotatable bonds is 6. The fraction of sp³-hybridized carbons (Fsp3) is 0.294. The van der Waals surface area contributed by atoms with E-state index in [2.05, 4.69) is 15.0 Å². The first-order valence-electron chi connectivity index (χ1n) is 7.93. The predicted octanol–water partition coefficient (Wildman–Crippen LogP) is 2.99. The van der Waals surface area contributed by atoms with Crippen LogP contribution in [0.15, 0.2) is 51.1 Å². The second-order valence-electron chi connectivity index (χ2n) is 6.00. The highest BCUT2D eigenvalue weighted by Gasteiger charge is 2.25. The van der Waals surface area contributed by atoms with Gasteiger partial charge in [-0.1, -0.05) is 25.1 Å². The van der Waals surface area contributed by atoms with Gasteiger partial charge in [0.15, 0.2) is 0 Å². The van der Waals surface area contributed by atoms with Gasteiger partial charge in [0.25, 0.3) is 10.0 Å². The van der Waals surface area contributed by atoms with Gasteiger partial charge in [-0.2, -0.15) is 8.42 Å². The molecule has 1 aliphatic heterocycles. The van der Waals surface area contributed by atoms with Crippen LogP contribution in [0.2, 0.25) is 0 Å². The maximum Gasteiger partial charge on any atom is 0.286 e. The van der Waals surface area contributed by atoms with Gasteiger partial charge in [0.1, 0.15) is 10.7 Å². The van der Waals surface area contributed by atoms with Crippen LogP contribution < -0.4 is 10.6 Å². The highest BCUT2D eigenvalue weighted by atomic mass is 32.2. The Morgan fingerprint density at radius 1 is 1.28 bits per heavy atom. The monoisotopic (exact) mass is 377 g/mol. The summed E-state index contributed by atoms with van der Waals surface area (Å²) in [6, 6.07) is 10.6. The van der Waals surface area contributed by atoms with Crippen LogP contribution in [0.5, 0.6) is 0 Å². The number of nitrogens with zero attached hydrogens (tertiary/aromatic N) is 1. The molecule has 1 amide bonds. The van der Waals surface area contributed by atoms with Crippen molar-refractivity contribution >= 4 is 38.8 Å². The summed E-state index contributed by atoms with van der Waals surface area (Å²) in [5.74, 6) is 0.285. The zero-order valence-corrected chi connectivity index (χ0v) is 15.4. The summed E-state index contributed by atoms with van der Waals surface area (Å²) >= 11 is 1.59. The third kappa shape index (κ3) is 4.46. The molecule has 2 aromatic rings. The first-order valence-corrected chi connectivity index (χ1v) is 10.2. The van der Waals surface area contributed by atoms with Crippen molar-refractivity contribution in [3.63, 3.8) is 0 Å². The number of amides is 1. The van der Waals surface area contributed by atoms with E-state index in [9.17, 15) is 13.2 Å². The number of para-hydroxylation sites is 1. The van der Waals surface area contributed by atoms with E-state index >= 15 is 0 Å². The van der Waals surface area contributed by atoms with Gasteiger partial charge in [-0.3, -0.25) is 4.79 Å². The number of carbonyl (C=O) groups excluding carboxylic acids is 1. The van der Waals surface area contributed by atoms with E-state index in [0.29, 0.717) is 30.9 Å². The fourth-order valence-corrected chi connectivity index (χ4v) is 4.45. The number of thiophene rings is 1. The van der Waals surface area contributed by atoms with Gasteiger partial charge in [0.05, 0.1) is 12.2 Å². The number of hydrogen-bond acceptors (Lipinski definition) is 5. The van der Waals surface area contributed by atoms with Crippen LogP contribution in [0.1, 0.15) is 24.6 Å². The topological polar surface area (TPSA) is 87.6 Å². The standard InChI is InChI=1S/C17H19N3O3S2/c1-12(10-17(21)18-11-13-5-4-8-24-13)9-16-19-14-6-2-3-7-15(14)25(22,23)20-16/h2-8,12H,9-11H2,1H3,(H,18,21)(H,19,20). The largest absolute Gasteiger partial charge is 0.351 e. The fourth-order valence-electron chi connectivity index (χ4n) is 2.65. The minimum Gasteiger partial charge on any atom is -0.351 e. The Morgan fingerprint density at radius 3 is 2.84 bits per heavy atom. The second-order valence-corrected chi connectivity index (χ2v) is 8.61. The van der Waals surface area contributed by atoms with Crippen LogP contribution in [0, 0.1) is 5.92 Å². The molecule has 6 nitrogen and oxygen atoms in total. The molecule has 8 heteroatoms. The van der Waals surface area contributed by atoms with E-state index in [0.717, 1.165) is 4.88 Å². The summed E-state index contributed by atoms with van der Waals surface area (Å²) in [5.41, 5.74) is 0.529. The molecule has 2 heterocycles. The Morgan fingerprint density at radius 2 is 2.08 bits per heavy atom. The first kappa shape index (κ1) is 17.6. The van der Waals surface area contributed by atoms with Crippen LogP contribution in [-0.2, 0) is 21.4 Å². The number of benzene rings is 1. The van der Waals surface area contributed by atoms with E-state index in [1.165, 1.54) is 6.07 Å². The maximum atomic E-state index is 12.2. The summed E-state index contributed by atoms with van der Waals surface area (Å²) in [5, 5.41) is 7.90. The summed E-state index contributed by atoms with van der Waals surface area (Å²) < 4.78 is 28.3. The zero-order valence-electron chi connectivity index (χ0n) is 13.7. The molecule has 132 valence electrons. The van der Waals surface area contributed by atoms with Crippen molar-refractivity contribution in [3.05, 3.63) is 46.7 Å². The molecular formula is C17H19N3O3S2. The molecule has 0 saturated heterocycles. The molecule has 1 unspecified atom stereocenters. The van der Waals surface area contributed by atoms with Gasteiger partial charge in [-0.05, 0) is 29.5 Å². The molecule has 0 saturated carbocycles. The van der Waals surface area contributed by atoms with Crippen LogP contribution in [0.4, 0.5) is 5.69 Å². The quantitative estimate of drug-likeness (QED) is 0.810. The Balaban J connectivity index is 1.57. The lowest BCUT2D eigenvalue weighted by molar-refractivity contribution is -0.122. The molecule has 0 spiro atoms. The van der Waals surface area contributed by atoms with Gasteiger partial charge in [-0.15, -0.1) is 15.7 Å². The second kappa shape index (κ2) is 7.37. The van der Waals surface area contributed by atoms with Crippen molar-refractivity contribution in [3.8, 4) is 0 Å². The summed E-state index contributed by atoms with van der Waals surface area (Å²) in [4.78, 5) is 13.3. The van der Waals surface area contributed by atoms with Gasteiger partial charge >= 0.3 is 0 Å². The molecule has 1 aromatic heterocycles. The molecule has 1 aromatic carbocycles. The van der Waals surface area contributed by atoms with Crippen LogP contribution in [-0.4, -0.2) is 20.2 Å². The van der Waals surface area contributed by atoms with Crippen molar-refractivity contribution in [1.29, 1.82) is 0 Å².